The highest BCUT2D eigenvalue weighted by Crippen LogP contribution is 2.27. The number of aromatic nitrogens is 2. The summed E-state index contributed by atoms with van der Waals surface area (Å²) in [4.78, 5) is 24.0. The van der Waals surface area contributed by atoms with Gasteiger partial charge in [-0.3, -0.25) is 4.79 Å². The minimum atomic E-state index is -0.636. The molecule has 0 saturated heterocycles. The van der Waals surface area contributed by atoms with Crippen LogP contribution >= 0.6 is 23.1 Å². The standard InChI is InChI=1S/C17H22N4O3S2/c1-4-11(2)14(15(23)24-3)19-13(22)10-25-17-21-20-16(26-17)18-12-8-6-5-7-9-12/h5-9,11,14H,4,10H2,1-3H3,(H,18,20)(H,19,22)/t11-,14+/m0/s1. The van der Waals surface area contributed by atoms with Gasteiger partial charge in [0.1, 0.15) is 6.04 Å². The number of hydrogen-bond acceptors (Lipinski definition) is 8. The second-order valence-corrected chi connectivity index (χ2v) is 7.81. The summed E-state index contributed by atoms with van der Waals surface area (Å²) < 4.78 is 5.45. The zero-order valence-electron chi connectivity index (χ0n) is 14.9. The van der Waals surface area contributed by atoms with Crippen molar-refractivity contribution in [1.29, 1.82) is 0 Å². The number of nitrogens with one attached hydrogen (secondary N) is 2. The first kappa shape index (κ1) is 20.2. The van der Waals surface area contributed by atoms with Crippen LogP contribution in [0.25, 0.3) is 0 Å². The smallest absolute Gasteiger partial charge is 0.328 e. The van der Waals surface area contributed by atoms with Gasteiger partial charge in [0.05, 0.1) is 12.9 Å². The van der Waals surface area contributed by atoms with E-state index in [1.54, 1.807) is 0 Å². The molecule has 0 aliphatic carbocycles. The van der Waals surface area contributed by atoms with E-state index in [1.807, 2.05) is 44.2 Å². The summed E-state index contributed by atoms with van der Waals surface area (Å²) in [6.45, 7) is 3.87. The third-order valence-electron chi connectivity index (χ3n) is 3.74. The molecule has 1 amide bonds. The molecule has 0 fully saturated rings. The third kappa shape index (κ3) is 5.99. The number of rotatable bonds is 9. The molecule has 2 aromatic rings. The average molecular weight is 395 g/mol. The topological polar surface area (TPSA) is 93.2 Å². The molecule has 0 bridgehead atoms. The first-order chi connectivity index (χ1) is 12.5. The molecule has 2 rings (SSSR count). The summed E-state index contributed by atoms with van der Waals surface area (Å²) in [5, 5.41) is 14.7. The minimum absolute atomic E-state index is 0.000366. The number of para-hydroxylation sites is 1. The van der Waals surface area contributed by atoms with Gasteiger partial charge < -0.3 is 15.4 Å². The van der Waals surface area contributed by atoms with Crippen molar-refractivity contribution in [3.05, 3.63) is 30.3 Å². The Labute approximate surface area is 160 Å². The van der Waals surface area contributed by atoms with Crippen LogP contribution < -0.4 is 10.6 Å². The van der Waals surface area contributed by atoms with Gasteiger partial charge in [-0.1, -0.05) is 61.6 Å². The van der Waals surface area contributed by atoms with E-state index < -0.39 is 12.0 Å². The molecule has 0 spiro atoms. The van der Waals surface area contributed by atoms with Gasteiger partial charge in [-0.05, 0) is 18.1 Å². The Hall–Kier alpha value is -2.13. The van der Waals surface area contributed by atoms with Gasteiger partial charge in [-0.2, -0.15) is 0 Å². The lowest BCUT2D eigenvalue weighted by Gasteiger charge is -2.21. The van der Waals surface area contributed by atoms with Crippen LogP contribution in [0.15, 0.2) is 34.7 Å². The summed E-state index contributed by atoms with van der Waals surface area (Å²) >= 11 is 2.65. The molecule has 2 N–H and O–H groups in total. The van der Waals surface area contributed by atoms with Gasteiger partial charge in [0.25, 0.3) is 0 Å². The second-order valence-electron chi connectivity index (χ2n) is 5.61. The zero-order chi connectivity index (χ0) is 18.9. The summed E-state index contributed by atoms with van der Waals surface area (Å²) in [7, 11) is 1.32. The first-order valence-corrected chi connectivity index (χ1v) is 9.99. The number of anilines is 2. The van der Waals surface area contributed by atoms with Gasteiger partial charge in [0.15, 0.2) is 4.34 Å². The number of thioether (sulfide) groups is 1. The van der Waals surface area contributed by atoms with Crippen LogP contribution in [0.3, 0.4) is 0 Å². The lowest BCUT2D eigenvalue weighted by Crippen LogP contribution is -2.46. The quantitative estimate of drug-likeness (QED) is 0.499. The van der Waals surface area contributed by atoms with Crippen molar-refractivity contribution in [3.8, 4) is 0 Å². The van der Waals surface area contributed by atoms with E-state index in [0.29, 0.717) is 9.47 Å². The van der Waals surface area contributed by atoms with Crippen molar-refractivity contribution in [3.63, 3.8) is 0 Å². The molecule has 1 aromatic carbocycles. The van der Waals surface area contributed by atoms with Crippen LogP contribution in [0.4, 0.5) is 10.8 Å². The fraction of sp³-hybridized carbons (Fsp3) is 0.412. The number of hydrogen-bond donors (Lipinski definition) is 2. The molecule has 1 heterocycles. The zero-order valence-corrected chi connectivity index (χ0v) is 16.5. The largest absolute Gasteiger partial charge is 0.467 e. The van der Waals surface area contributed by atoms with Crippen LogP contribution in [-0.4, -0.2) is 41.0 Å². The Morgan fingerprint density at radius 1 is 1.27 bits per heavy atom. The van der Waals surface area contributed by atoms with Crippen LogP contribution in [0.5, 0.6) is 0 Å². The Bertz CT molecular complexity index is 724. The number of benzene rings is 1. The monoisotopic (exact) mass is 394 g/mol. The van der Waals surface area contributed by atoms with Crippen molar-refractivity contribution in [1.82, 2.24) is 15.5 Å². The van der Waals surface area contributed by atoms with E-state index in [0.717, 1.165) is 12.1 Å². The number of carbonyl (C=O) groups is 2. The molecule has 0 aliphatic heterocycles. The number of carbonyl (C=O) groups excluding carboxylic acids is 2. The predicted octanol–water partition coefficient (Wildman–Crippen LogP) is 3.08. The fourth-order valence-electron chi connectivity index (χ4n) is 2.10. The molecule has 0 saturated carbocycles. The fourth-order valence-corrected chi connectivity index (χ4v) is 3.69. The molecule has 0 radical (unpaired) electrons. The normalized spacial score (nSPS) is 12.9. The van der Waals surface area contributed by atoms with Crippen LogP contribution in [0, 0.1) is 5.92 Å². The van der Waals surface area contributed by atoms with E-state index in [2.05, 4.69) is 20.8 Å². The van der Waals surface area contributed by atoms with E-state index in [1.165, 1.54) is 30.2 Å². The van der Waals surface area contributed by atoms with Crippen molar-refractivity contribution < 1.29 is 14.3 Å². The van der Waals surface area contributed by atoms with Gasteiger partial charge >= 0.3 is 5.97 Å². The van der Waals surface area contributed by atoms with Crippen LogP contribution in [-0.2, 0) is 14.3 Å². The summed E-state index contributed by atoms with van der Waals surface area (Å²) in [6, 6.07) is 9.03. The first-order valence-electron chi connectivity index (χ1n) is 8.19. The van der Waals surface area contributed by atoms with Gasteiger partial charge in [0, 0.05) is 5.69 Å². The number of esters is 1. The highest BCUT2D eigenvalue weighted by Gasteiger charge is 2.26. The van der Waals surface area contributed by atoms with Crippen molar-refractivity contribution in [2.75, 3.05) is 18.2 Å². The SMILES string of the molecule is CC[C@H](C)[C@@H](NC(=O)CSc1nnc(Nc2ccccc2)s1)C(=O)OC. The van der Waals surface area contributed by atoms with Gasteiger partial charge in [-0.25, -0.2) is 4.79 Å². The Kier molecular flexibility index (Phi) is 7.86. The molecule has 0 aliphatic rings. The summed E-state index contributed by atoms with van der Waals surface area (Å²) in [5.41, 5.74) is 0.924. The average Bonchev–Trinajstić information content (AvgIpc) is 3.11. The molecule has 0 unspecified atom stereocenters. The van der Waals surface area contributed by atoms with Gasteiger partial charge in [0.2, 0.25) is 11.0 Å². The number of amides is 1. The summed E-state index contributed by atoms with van der Waals surface area (Å²) in [6.07, 6.45) is 0.762. The maximum absolute atomic E-state index is 12.2. The maximum Gasteiger partial charge on any atom is 0.328 e. The molecule has 1 aromatic heterocycles. The van der Waals surface area contributed by atoms with E-state index in [4.69, 9.17) is 4.74 Å². The molecule has 9 heteroatoms. The molecular formula is C17H22N4O3S2. The maximum atomic E-state index is 12.2. The Balaban J connectivity index is 1.86. The van der Waals surface area contributed by atoms with E-state index >= 15 is 0 Å². The predicted molar refractivity (Wildman–Crippen MR) is 104 cm³/mol. The number of ether oxygens (including phenoxy) is 1. The molecule has 2 atom stereocenters. The summed E-state index contributed by atoms with van der Waals surface area (Å²) in [5.74, 6) is -0.509. The number of nitrogens with zero attached hydrogens (tertiary/aromatic N) is 2. The Morgan fingerprint density at radius 3 is 2.65 bits per heavy atom. The third-order valence-corrected chi connectivity index (χ3v) is 5.71. The lowest BCUT2D eigenvalue weighted by atomic mass is 9.99. The van der Waals surface area contributed by atoms with E-state index in [9.17, 15) is 9.59 Å². The van der Waals surface area contributed by atoms with E-state index in [-0.39, 0.29) is 17.6 Å². The Morgan fingerprint density at radius 2 is 2.00 bits per heavy atom. The van der Waals surface area contributed by atoms with Gasteiger partial charge in [-0.15, -0.1) is 10.2 Å². The molecule has 26 heavy (non-hydrogen) atoms. The van der Waals surface area contributed by atoms with Crippen LogP contribution in [0.1, 0.15) is 20.3 Å². The molecule has 140 valence electrons. The highest BCUT2D eigenvalue weighted by molar-refractivity contribution is 8.01. The molecular weight excluding hydrogens is 372 g/mol. The van der Waals surface area contributed by atoms with Crippen molar-refractivity contribution in [2.24, 2.45) is 5.92 Å². The van der Waals surface area contributed by atoms with Crippen LogP contribution in [0.2, 0.25) is 0 Å². The lowest BCUT2D eigenvalue weighted by molar-refractivity contribution is -0.146. The highest BCUT2D eigenvalue weighted by atomic mass is 32.2. The van der Waals surface area contributed by atoms with Crippen molar-refractivity contribution in [2.45, 2.75) is 30.6 Å². The molecule has 7 nitrogen and oxygen atoms in total. The minimum Gasteiger partial charge on any atom is -0.467 e. The number of methoxy groups -OCH3 is 1. The second kappa shape index (κ2) is 10.1. The van der Waals surface area contributed by atoms with Crippen molar-refractivity contribution >= 4 is 45.8 Å².